The van der Waals surface area contributed by atoms with Crippen molar-refractivity contribution in [3.63, 3.8) is 0 Å². The third-order valence-electron chi connectivity index (χ3n) is 6.95. The molecule has 0 aliphatic heterocycles. The average molecular weight is 583 g/mol. The highest BCUT2D eigenvalue weighted by Crippen LogP contribution is 2.32. The SMILES string of the molecule is Cc1ccccc1CS(=O)(=O)c1ncc(CN(CC2CC2)C(=O)c2ccc(Cl)cc2Cl)n1Cc1ccccc1. The van der Waals surface area contributed by atoms with Crippen molar-refractivity contribution in [3.05, 3.63) is 117 Å². The van der Waals surface area contributed by atoms with E-state index in [0.717, 1.165) is 29.5 Å². The minimum atomic E-state index is -3.78. The van der Waals surface area contributed by atoms with Crippen molar-refractivity contribution >= 4 is 38.9 Å². The summed E-state index contributed by atoms with van der Waals surface area (Å²) in [6.45, 7) is 2.97. The number of halogens is 2. The standard InChI is InChI=1S/C30H29Cl2N3O3S/c1-21-7-5-6-10-24(21)20-39(37,38)30-33-16-26(35(30)18-22-8-3-2-4-9-22)19-34(17-23-11-12-23)29(36)27-14-13-25(31)15-28(27)32/h2-10,13-16,23H,11-12,17-20H2,1H3. The summed E-state index contributed by atoms with van der Waals surface area (Å²) in [5.41, 5.74) is 3.58. The molecular weight excluding hydrogens is 553 g/mol. The third kappa shape index (κ3) is 6.55. The van der Waals surface area contributed by atoms with Crippen LogP contribution in [0, 0.1) is 12.8 Å². The van der Waals surface area contributed by atoms with E-state index in [0.29, 0.717) is 35.3 Å². The van der Waals surface area contributed by atoms with Crippen LogP contribution < -0.4 is 0 Å². The van der Waals surface area contributed by atoms with Gasteiger partial charge in [-0.1, -0.05) is 77.8 Å². The molecule has 0 bridgehead atoms. The first-order valence-electron chi connectivity index (χ1n) is 12.8. The number of amides is 1. The lowest BCUT2D eigenvalue weighted by atomic mass is 10.1. The zero-order valence-corrected chi connectivity index (χ0v) is 23.9. The Morgan fingerprint density at radius 1 is 1.03 bits per heavy atom. The maximum atomic E-state index is 13.7. The van der Waals surface area contributed by atoms with Gasteiger partial charge in [-0.25, -0.2) is 13.4 Å². The Morgan fingerprint density at radius 2 is 1.74 bits per heavy atom. The van der Waals surface area contributed by atoms with Crippen molar-refractivity contribution in [2.24, 2.45) is 5.92 Å². The fraction of sp³-hybridized carbons (Fsp3) is 0.267. The largest absolute Gasteiger partial charge is 0.332 e. The number of hydrogen-bond acceptors (Lipinski definition) is 4. The van der Waals surface area contributed by atoms with Gasteiger partial charge in [-0.05, 0) is 60.6 Å². The quantitative estimate of drug-likeness (QED) is 0.212. The van der Waals surface area contributed by atoms with Gasteiger partial charge in [0.2, 0.25) is 15.0 Å². The molecule has 1 aliphatic carbocycles. The zero-order valence-electron chi connectivity index (χ0n) is 21.6. The lowest BCUT2D eigenvalue weighted by Crippen LogP contribution is -2.33. The summed E-state index contributed by atoms with van der Waals surface area (Å²) in [5.74, 6) is 0.0332. The number of rotatable bonds is 10. The molecule has 1 aliphatic rings. The Kier molecular flexibility index (Phi) is 8.12. The third-order valence-corrected chi connectivity index (χ3v) is 9.07. The van der Waals surface area contributed by atoms with Crippen LogP contribution in [-0.2, 0) is 28.7 Å². The molecule has 0 saturated heterocycles. The molecule has 1 saturated carbocycles. The maximum Gasteiger partial charge on any atom is 0.255 e. The smallest absolute Gasteiger partial charge is 0.255 e. The second-order valence-corrected chi connectivity index (χ2v) is 12.8. The molecule has 1 amide bonds. The predicted octanol–water partition coefficient (Wildman–Crippen LogP) is 6.57. The minimum Gasteiger partial charge on any atom is -0.332 e. The number of nitrogens with zero attached hydrogens (tertiary/aromatic N) is 3. The van der Waals surface area contributed by atoms with Gasteiger partial charge in [-0.3, -0.25) is 4.79 Å². The van der Waals surface area contributed by atoms with Gasteiger partial charge in [0, 0.05) is 11.6 Å². The predicted molar refractivity (Wildman–Crippen MR) is 154 cm³/mol. The van der Waals surface area contributed by atoms with Crippen LogP contribution in [0.1, 0.15) is 45.6 Å². The molecule has 0 unspecified atom stereocenters. The van der Waals surface area contributed by atoms with Gasteiger partial charge in [0.15, 0.2) is 0 Å². The number of benzene rings is 3. The maximum absolute atomic E-state index is 13.7. The van der Waals surface area contributed by atoms with Crippen molar-refractivity contribution < 1.29 is 13.2 Å². The van der Waals surface area contributed by atoms with Crippen molar-refractivity contribution in [1.29, 1.82) is 0 Å². The molecule has 0 spiro atoms. The molecule has 1 aromatic heterocycles. The highest BCUT2D eigenvalue weighted by Gasteiger charge is 2.31. The van der Waals surface area contributed by atoms with Crippen LogP contribution >= 0.6 is 23.2 Å². The van der Waals surface area contributed by atoms with Crippen LogP contribution in [-0.4, -0.2) is 35.3 Å². The summed E-state index contributed by atoms with van der Waals surface area (Å²) < 4.78 is 29.1. The molecule has 0 atom stereocenters. The number of aromatic nitrogens is 2. The number of carbonyl (C=O) groups excluding carboxylic acids is 1. The number of carbonyl (C=O) groups is 1. The van der Waals surface area contributed by atoms with Gasteiger partial charge in [-0.15, -0.1) is 0 Å². The van der Waals surface area contributed by atoms with Crippen LogP contribution in [0.3, 0.4) is 0 Å². The highest BCUT2D eigenvalue weighted by atomic mass is 35.5. The van der Waals surface area contributed by atoms with Crippen LogP contribution in [0.5, 0.6) is 0 Å². The lowest BCUT2D eigenvalue weighted by Gasteiger charge is -2.24. The number of aryl methyl sites for hydroxylation is 1. The van der Waals surface area contributed by atoms with Crippen LogP contribution in [0.15, 0.2) is 84.1 Å². The average Bonchev–Trinajstić information content (AvgIpc) is 3.64. The molecule has 6 nitrogen and oxygen atoms in total. The topological polar surface area (TPSA) is 72.3 Å². The number of hydrogen-bond donors (Lipinski definition) is 0. The van der Waals surface area contributed by atoms with E-state index in [9.17, 15) is 13.2 Å². The Bertz CT molecular complexity index is 1600. The first-order chi connectivity index (χ1) is 18.7. The molecule has 1 heterocycles. The molecule has 1 fully saturated rings. The summed E-state index contributed by atoms with van der Waals surface area (Å²) in [6, 6.07) is 21.9. The first kappa shape index (κ1) is 27.4. The molecule has 3 aromatic carbocycles. The zero-order chi connectivity index (χ0) is 27.6. The monoisotopic (exact) mass is 581 g/mol. The van der Waals surface area contributed by atoms with Gasteiger partial charge >= 0.3 is 0 Å². The fourth-order valence-corrected chi connectivity index (χ4v) is 6.69. The van der Waals surface area contributed by atoms with Gasteiger partial charge in [0.25, 0.3) is 5.91 Å². The van der Waals surface area contributed by atoms with Crippen LogP contribution in [0.25, 0.3) is 0 Å². The summed E-state index contributed by atoms with van der Waals surface area (Å²) in [7, 11) is -3.78. The number of imidazole rings is 1. The Hall–Kier alpha value is -3.13. The first-order valence-corrected chi connectivity index (χ1v) is 15.2. The highest BCUT2D eigenvalue weighted by molar-refractivity contribution is 7.90. The minimum absolute atomic E-state index is 0.00653. The van der Waals surface area contributed by atoms with Crippen molar-refractivity contribution in [1.82, 2.24) is 14.5 Å². The molecule has 39 heavy (non-hydrogen) atoms. The van der Waals surface area contributed by atoms with Crippen LogP contribution in [0.2, 0.25) is 10.0 Å². The number of sulfone groups is 1. The van der Waals surface area contributed by atoms with Crippen molar-refractivity contribution in [2.75, 3.05) is 6.54 Å². The molecular formula is C30H29Cl2N3O3S. The van der Waals surface area contributed by atoms with E-state index in [1.165, 1.54) is 0 Å². The molecule has 0 radical (unpaired) electrons. The van der Waals surface area contributed by atoms with E-state index in [2.05, 4.69) is 4.98 Å². The van der Waals surface area contributed by atoms with Crippen LogP contribution in [0.4, 0.5) is 0 Å². The van der Waals surface area contributed by atoms with E-state index in [4.69, 9.17) is 23.2 Å². The van der Waals surface area contributed by atoms with E-state index in [1.54, 1.807) is 33.9 Å². The summed E-state index contributed by atoms with van der Waals surface area (Å²) >= 11 is 12.4. The van der Waals surface area contributed by atoms with E-state index in [1.807, 2.05) is 61.5 Å². The van der Waals surface area contributed by atoms with E-state index < -0.39 is 9.84 Å². The summed E-state index contributed by atoms with van der Waals surface area (Å²) in [5, 5.41) is 0.732. The van der Waals surface area contributed by atoms with E-state index in [-0.39, 0.29) is 28.4 Å². The van der Waals surface area contributed by atoms with Gasteiger partial charge in [0.1, 0.15) is 0 Å². The van der Waals surface area contributed by atoms with Gasteiger partial charge in [-0.2, -0.15) is 0 Å². The van der Waals surface area contributed by atoms with E-state index >= 15 is 0 Å². The summed E-state index contributed by atoms with van der Waals surface area (Å²) in [4.78, 5) is 19.8. The fourth-order valence-electron chi connectivity index (χ4n) is 4.60. The molecule has 0 N–H and O–H groups in total. The normalized spacial score (nSPS) is 13.4. The van der Waals surface area contributed by atoms with Gasteiger partial charge < -0.3 is 9.47 Å². The molecule has 5 rings (SSSR count). The molecule has 4 aromatic rings. The second-order valence-electron chi connectivity index (χ2n) is 10.0. The van der Waals surface area contributed by atoms with Crippen molar-refractivity contribution in [2.45, 2.75) is 43.8 Å². The Morgan fingerprint density at radius 3 is 2.44 bits per heavy atom. The summed E-state index contributed by atoms with van der Waals surface area (Å²) in [6.07, 6.45) is 3.68. The van der Waals surface area contributed by atoms with Gasteiger partial charge in [0.05, 0.1) is 41.3 Å². The Balaban J connectivity index is 1.52. The molecule has 202 valence electrons. The van der Waals surface area contributed by atoms with Crippen molar-refractivity contribution in [3.8, 4) is 0 Å². The second kappa shape index (κ2) is 11.5. The lowest BCUT2D eigenvalue weighted by molar-refractivity contribution is 0.0731. The Labute approximate surface area is 239 Å². The molecule has 9 heteroatoms.